The number of hydrogen-bond acceptors (Lipinski definition) is 4. The minimum absolute atomic E-state index is 0.0718. The molecule has 0 amide bonds. The predicted octanol–water partition coefficient (Wildman–Crippen LogP) is 2.27. The van der Waals surface area contributed by atoms with Crippen LogP contribution in [-0.2, 0) is 24.6 Å². The van der Waals surface area contributed by atoms with Crippen LogP contribution in [0.5, 0.6) is 0 Å². The topological polar surface area (TPSA) is 77.0 Å². The van der Waals surface area contributed by atoms with Gasteiger partial charge >= 0.3 is 11.9 Å². The van der Waals surface area contributed by atoms with E-state index in [2.05, 4.69) is 0 Å². The number of aromatic nitrogens is 2. The zero-order valence-corrected chi connectivity index (χ0v) is 14.3. The normalized spacial score (nSPS) is 11.4. The highest BCUT2D eigenvalue weighted by Crippen LogP contribution is 2.27. The van der Waals surface area contributed by atoms with Crippen molar-refractivity contribution < 1.29 is 17.9 Å². The summed E-state index contributed by atoms with van der Waals surface area (Å²) in [6.07, 6.45) is -4.83. The van der Waals surface area contributed by atoms with Crippen LogP contribution in [0.1, 0.15) is 29.3 Å². The predicted molar refractivity (Wildman–Crippen MR) is 87.1 cm³/mol. The quantitative estimate of drug-likeness (QED) is 0.831. The van der Waals surface area contributed by atoms with Gasteiger partial charge in [-0.2, -0.15) is 18.4 Å². The molecule has 0 aliphatic heterocycles. The highest BCUT2D eigenvalue weighted by atomic mass is 19.4. The van der Waals surface area contributed by atoms with E-state index in [9.17, 15) is 28.0 Å². The van der Waals surface area contributed by atoms with Crippen LogP contribution in [0.25, 0.3) is 5.69 Å². The van der Waals surface area contributed by atoms with Crippen molar-refractivity contribution in [3.8, 4) is 11.8 Å². The molecule has 0 unspecified atom stereocenters. The third-order valence-electron chi connectivity index (χ3n) is 3.86. The molecule has 1 heterocycles. The average Bonchev–Trinajstić information content (AvgIpc) is 2.56. The molecule has 138 valence electrons. The lowest BCUT2D eigenvalue weighted by atomic mass is 10.0. The molecule has 2 aromatic rings. The molecule has 0 N–H and O–H groups in total. The summed E-state index contributed by atoms with van der Waals surface area (Å²) in [6.45, 7) is 3.78. The van der Waals surface area contributed by atoms with E-state index in [0.29, 0.717) is 38.5 Å². The molecule has 26 heavy (non-hydrogen) atoms. The lowest BCUT2D eigenvalue weighted by Gasteiger charge is -2.16. The lowest BCUT2D eigenvalue weighted by molar-refractivity contribution is -0.144. The highest BCUT2D eigenvalue weighted by Gasteiger charge is 2.35. The molecule has 0 radical (unpaired) electrons. The van der Waals surface area contributed by atoms with Crippen molar-refractivity contribution >= 4 is 0 Å². The summed E-state index contributed by atoms with van der Waals surface area (Å²) in [4.78, 5) is 24.7. The largest absolute Gasteiger partial charge is 0.431 e. The summed E-state index contributed by atoms with van der Waals surface area (Å²) in [5, 5.41) is 9.22. The number of hydrogen-bond donors (Lipinski definition) is 0. The van der Waals surface area contributed by atoms with E-state index in [-0.39, 0.29) is 12.3 Å². The van der Waals surface area contributed by atoms with Gasteiger partial charge in [0.25, 0.3) is 5.56 Å². The fourth-order valence-corrected chi connectivity index (χ4v) is 2.54. The Kier molecular flexibility index (Phi) is 5.37. The molecule has 0 fully saturated rings. The molecule has 1 aromatic heterocycles. The Morgan fingerprint density at radius 2 is 1.88 bits per heavy atom. The number of aryl methyl sites for hydroxylation is 1. The van der Waals surface area contributed by atoms with Gasteiger partial charge in [-0.3, -0.25) is 9.36 Å². The summed E-state index contributed by atoms with van der Waals surface area (Å²) < 4.78 is 45.2. The molecule has 0 saturated carbocycles. The van der Waals surface area contributed by atoms with Gasteiger partial charge in [0.15, 0.2) is 0 Å². The zero-order chi connectivity index (χ0) is 19.6. The summed E-state index contributed by atoms with van der Waals surface area (Å²) in [5.74, 6) is 0. The number of ether oxygens (including phenoxy) is 1. The number of nitrogens with zero attached hydrogens (tertiary/aromatic N) is 3. The number of alkyl halides is 3. The van der Waals surface area contributed by atoms with Crippen LogP contribution >= 0.6 is 0 Å². The van der Waals surface area contributed by atoms with Gasteiger partial charge in [-0.15, -0.1) is 0 Å². The van der Waals surface area contributed by atoms with Gasteiger partial charge in [-0.25, -0.2) is 9.36 Å². The first-order valence-corrected chi connectivity index (χ1v) is 7.63. The van der Waals surface area contributed by atoms with E-state index in [1.807, 2.05) is 6.07 Å². The maximum Gasteiger partial charge on any atom is 0.431 e. The second-order valence-electron chi connectivity index (χ2n) is 5.59. The van der Waals surface area contributed by atoms with Crippen molar-refractivity contribution in [2.75, 3.05) is 6.61 Å². The second kappa shape index (κ2) is 7.17. The molecular formula is C17H16F3N3O3. The molecule has 2 rings (SSSR count). The standard InChI is InChI=1S/C17H16F3N3O3/c1-4-26-9-12-6-13(10(2)5-11(12)8-21)23-15(24)7-14(17(18,19)20)22(3)16(23)25/h5-7H,4,9H2,1-3H3. The summed E-state index contributed by atoms with van der Waals surface area (Å²) in [5.41, 5.74) is -2.31. The van der Waals surface area contributed by atoms with Crippen molar-refractivity contribution in [3.05, 3.63) is 61.4 Å². The molecule has 0 bridgehead atoms. The highest BCUT2D eigenvalue weighted by molar-refractivity contribution is 5.51. The first kappa shape index (κ1) is 19.5. The summed E-state index contributed by atoms with van der Waals surface area (Å²) in [6, 6.07) is 5.25. The van der Waals surface area contributed by atoms with Crippen LogP contribution in [0, 0.1) is 18.3 Å². The van der Waals surface area contributed by atoms with Gasteiger partial charge in [0.05, 0.1) is 23.9 Å². The number of rotatable bonds is 4. The van der Waals surface area contributed by atoms with Gasteiger partial charge in [0.2, 0.25) is 0 Å². The third kappa shape index (κ3) is 3.55. The van der Waals surface area contributed by atoms with E-state index in [1.165, 1.54) is 12.1 Å². The van der Waals surface area contributed by atoms with Crippen LogP contribution in [0.3, 0.4) is 0 Å². The van der Waals surface area contributed by atoms with Crippen molar-refractivity contribution in [1.29, 1.82) is 5.26 Å². The average molecular weight is 367 g/mol. The molecule has 6 nitrogen and oxygen atoms in total. The molecule has 0 aliphatic rings. The third-order valence-corrected chi connectivity index (χ3v) is 3.86. The second-order valence-corrected chi connectivity index (χ2v) is 5.59. The summed E-state index contributed by atoms with van der Waals surface area (Å²) >= 11 is 0. The van der Waals surface area contributed by atoms with Crippen LogP contribution in [0.2, 0.25) is 0 Å². The molecule has 0 aliphatic carbocycles. The van der Waals surface area contributed by atoms with Crippen molar-refractivity contribution in [2.24, 2.45) is 7.05 Å². The van der Waals surface area contributed by atoms with Gasteiger partial charge < -0.3 is 4.74 Å². The van der Waals surface area contributed by atoms with E-state index in [0.717, 1.165) is 7.05 Å². The van der Waals surface area contributed by atoms with Crippen molar-refractivity contribution in [2.45, 2.75) is 26.6 Å². The SMILES string of the molecule is CCOCc1cc(-n2c(=O)cc(C(F)(F)F)n(C)c2=O)c(C)cc1C#N. The molecule has 9 heteroatoms. The Hall–Kier alpha value is -2.86. The fourth-order valence-electron chi connectivity index (χ4n) is 2.54. The van der Waals surface area contributed by atoms with Crippen LogP contribution in [0.15, 0.2) is 27.8 Å². The Bertz CT molecular complexity index is 998. The smallest absolute Gasteiger partial charge is 0.377 e. The minimum Gasteiger partial charge on any atom is -0.377 e. The van der Waals surface area contributed by atoms with E-state index in [4.69, 9.17) is 4.74 Å². The molecule has 1 aromatic carbocycles. The number of benzene rings is 1. The monoisotopic (exact) mass is 367 g/mol. The van der Waals surface area contributed by atoms with Crippen LogP contribution in [0.4, 0.5) is 13.2 Å². The maximum absolute atomic E-state index is 13.0. The van der Waals surface area contributed by atoms with E-state index in [1.54, 1.807) is 13.8 Å². The van der Waals surface area contributed by atoms with E-state index < -0.39 is 23.1 Å². The lowest BCUT2D eigenvalue weighted by Crippen LogP contribution is -2.41. The van der Waals surface area contributed by atoms with Gasteiger partial charge in [0, 0.05) is 19.7 Å². The minimum atomic E-state index is -4.83. The van der Waals surface area contributed by atoms with Crippen LogP contribution < -0.4 is 11.2 Å². The Balaban J connectivity index is 2.77. The number of halogens is 3. The van der Waals surface area contributed by atoms with Gasteiger partial charge in [-0.05, 0) is 37.1 Å². The van der Waals surface area contributed by atoms with Gasteiger partial charge in [0.1, 0.15) is 5.69 Å². The van der Waals surface area contributed by atoms with Crippen molar-refractivity contribution in [1.82, 2.24) is 9.13 Å². The molecule has 0 atom stereocenters. The molecule has 0 saturated heterocycles. The van der Waals surface area contributed by atoms with Gasteiger partial charge in [-0.1, -0.05) is 0 Å². The van der Waals surface area contributed by atoms with E-state index >= 15 is 0 Å². The molecular weight excluding hydrogens is 351 g/mol. The zero-order valence-electron chi connectivity index (χ0n) is 14.3. The Labute approximate surface area is 146 Å². The first-order chi connectivity index (χ1) is 12.1. The molecule has 0 spiro atoms. The van der Waals surface area contributed by atoms with Crippen LogP contribution in [-0.4, -0.2) is 15.7 Å². The fraction of sp³-hybridized carbons (Fsp3) is 0.353. The maximum atomic E-state index is 13.0. The summed E-state index contributed by atoms with van der Waals surface area (Å²) in [7, 11) is 0.946. The van der Waals surface area contributed by atoms with Crippen molar-refractivity contribution in [3.63, 3.8) is 0 Å². The Morgan fingerprint density at radius 3 is 2.42 bits per heavy atom. The number of nitriles is 1. The first-order valence-electron chi connectivity index (χ1n) is 7.63. The Morgan fingerprint density at radius 1 is 1.23 bits per heavy atom.